The predicted octanol–water partition coefficient (Wildman–Crippen LogP) is 1.22. The van der Waals surface area contributed by atoms with Gasteiger partial charge >= 0.3 is 0 Å². The molecule has 0 aliphatic carbocycles. The third-order valence-electron chi connectivity index (χ3n) is 2.41. The van der Waals surface area contributed by atoms with Crippen LogP contribution in [0.25, 0.3) is 0 Å². The molecule has 0 radical (unpaired) electrons. The van der Waals surface area contributed by atoms with Crippen LogP contribution < -0.4 is 5.32 Å². The van der Waals surface area contributed by atoms with Crippen LogP contribution in [-0.4, -0.2) is 25.8 Å². The van der Waals surface area contributed by atoms with Gasteiger partial charge in [-0.1, -0.05) is 5.16 Å². The minimum atomic E-state index is -0.129. The maximum Gasteiger partial charge on any atom is 0.227 e. The van der Waals surface area contributed by atoms with E-state index >= 15 is 0 Å². The summed E-state index contributed by atoms with van der Waals surface area (Å²) in [5.74, 6) is 2.48. The van der Waals surface area contributed by atoms with Gasteiger partial charge in [-0.25, -0.2) is 9.67 Å². The summed E-state index contributed by atoms with van der Waals surface area (Å²) < 4.78 is 6.57. The minimum Gasteiger partial charge on any atom is -0.360 e. The Bertz CT molecular complexity index is 558. The summed E-state index contributed by atoms with van der Waals surface area (Å²) in [4.78, 5) is 15.8. The smallest absolute Gasteiger partial charge is 0.227 e. The van der Waals surface area contributed by atoms with Crippen molar-refractivity contribution in [1.29, 1.82) is 0 Å². The number of aryl methyl sites for hydroxylation is 4. The van der Waals surface area contributed by atoms with Gasteiger partial charge in [0.25, 0.3) is 0 Å². The third-order valence-corrected chi connectivity index (χ3v) is 2.41. The molecule has 1 amide bonds. The lowest BCUT2D eigenvalue weighted by Crippen LogP contribution is -2.15. The van der Waals surface area contributed by atoms with E-state index in [-0.39, 0.29) is 5.91 Å². The Labute approximate surface area is 104 Å². The highest BCUT2D eigenvalue weighted by Gasteiger charge is 2.08. The number of carbonyl (C=O) groups excluding carboxylic acids is 1. The third kappa shape index (κ3) is 2.93. The first kappa shape index (κ1) is 12.3. The van der Waals surface area contributed by atoms with Gasteiger partial charge in [-0.05, 0) is 20.8 Å². The maximum atomic E-state index is 11.7. The summed E-state index contributed by atoms with van der Waals surface area (Å²) in [6.45, 7) is 5.94. The molecule has 96 valence electrons. The van der Waals surface area contributed by atoms with Gasteiger partial charge in [0, 0.05) is 12.5 Å². The van der Waals surface area contributed by atoms with E-state index in [0.717, 1.165) is 5.82 Å². The zero-order chi connectivity index (χ0) is 13.1. The van der Waals surface area contributed by atoms with Gasteiger partial charge in [-0.3, -0.25) is 4.79 Å². The summed E-state index contributed by atoms with van der Waals surface area (Å²) in [5, 5.41) is 10.5. The van der Waals surface area contributed by atoms with Gasteiger partial charge in [0.2, 0.25) is 5.91 Å². The molecule has 0 fully saturated rings. The van der Waals surface area contributed by atoms with Gasteiger partial charge in [0.1, 0.15) is 17.4 Å². The Hall–Kier alpha value is -2.18. The molecular weight excluding hydrogens is 234 g/mol. The van der Waals surface area contributed by atoms with Crippen molar-refractivity contribution in [1.82, 2.24) is 19.9 Å². The number of anilines is 1. The van der Waals surface area contributed by atoms with Gasteiger partial charge in [-0.2, -0.15) is 5.10 Å². The number of hydrogen-bond acceptors (Lipinski definition) is 5. The van der Waals surface area contributed by atoms with Crippen molar-refractivity contribution < 1.29 is 9.32 Å². The summed E-state index contributed by atoms with van der Waals surface area (Å²) >= 11 is 0. The molecule has 2 aromatic heterocycles. The van der Waals surface area contributed by atoms with Crippen molar-refractivity contribution in [2.24, 2.45) is 0 Å². The average Bonchev–Trinajstić information content (AvgIpc) is 2.82. The van der Waals surface area contributed by atoms with E-state index in [9.17, 15) is 4.79 Å². The second kappa shape index (κ2) is 4.99. The monoisotopic (exact) mass is 249 g/mol. The van der Waals surface area contributed by atoms with E-state index in [2.05, 4.69) is 20.6 Å². The lowest BCUT2D eigenvalue weighted by molar-refractivity contribution is -0.116. The largest absolute Gasteiger partial charge is 0.360 e. The van der Waals surface area contributed by atoms with Crippen LogP contribution in [0.3, 0.4) is 0 Å². The summed E-state index contributed by atoms with van der Waals surface area (Å²) in [6, 6.07) is 1.67. The van der Waals surface area contributed by atoms with Crippen LogP contribution in [-0.2, 0) is 11.3 Å². The fourth-order valence-electron chi connectivity index (χ4n) is 1.61. The second-order valence-corrected chi connectivity index (χ2v) is 4.05. The van der Waals surface area contributed by atoms with Crippen molar-refractivity contribution in [3.63, 3.8) is 0 Å². The van der Waals surface area contributed by atoms with Crippen LogP contribution in [0.1, 0.15) is 23.8 Å². The number of carbonyl (C=O) groups is 1. The number of amides is 1. The number of hydrogen-bond donors (Lipinski definition) is 1. The number of rotatable bonds is 4. The predicted molar refractivity (Wildman–Crippen MR) is 64.0 cm³/mol. The minimum absolute atomic E-state index is 0.129. The maximum absolute atomic E-state index is 11.7. The Morgan fingerprint density at radius 1 is 1.44 bits per heavy atom. The van der Waals surface area contributed by atoms with Crippen LogP contribution in [0.5, 0.6) is 0 Å². The van der Waals surface area contributed by atoms with E-state index in [0.29, 0.717) is 30.4 Å². The summed E-state index contributed by atoms with van der Waals surface area (Å²) in [5.41, 5.74) is 0. The highest BCUT2D eigenvalue weighted by molar-refractivity contribution is 5.89. The lowest BCUT2D eigenvalue weighted by atomic mass is 10.4. The van der Waals surface area contributed by atoms with Crippen molar-refractivity contribution in [2.45, 2.75) is 33.7 Å². The highest BCUT2D eigenvalue weighted by atomic mass is 16.5. The zero-order valence-electron chi connectivity index (χ0n) is 10.6. The fraction of sp³-hybridized carbons (Fsp3) is 0.455. The number of nitrogens with zero attached hydrogens (tertiary/aromatic N) is 4. The first-order valence-electron chi connectivity index (χ1n) is 5.66. The summed E-state index contributed by atoms with van der Waals surface area (Å²) in [6.07, 6.45) is 0.315. The molecule has 7 heteroatoms. The molecule has 2 aromatic rings. The second-order valence-electron chi connectivity index (χ2n) is 4.05. The SMILES string of the molecule is Cc1nc(C)n(CCC(=O)Nc2cc(C)on2)n1. The van der Waals surface area contributed by atoms with Crippen LogP contribution in [0.2, 0.25) is 0 Å². The molecule has 0 saturated carbocycles. The van der Waals surface area contributed by atoms with Crippen LogP contribution >= 0.6 is 0 Å². The normalized spacial score (nSPS) is 10.6. The zero-order valence-corrected chi connectivity index (χ0v) is 10.6. The van der Waals surface area contributed by atoms with Gasteiger partial charge in [-0.15, -0.1) is 0 Å². The number of aromatic nitrogens is 4. The van der Waals surface area contributed by atoms with Crippen molar-refractivity contribution in [2.75, 3.05) is 5.32 Å². The van der Waals surface area contributed by atoms with Gasteiger partial charge in [0.15, 0.2) is 5.82 Å². The molecule has 7 nitrogen and oxygen atoms in total. The molecule has 0 bridgehead atoms. The van der Waals surface area contributed by atoms with E-state index in [4.69, 9.17) is 4.52 Å². The van der Waals surface area contributed by atoms with E-state index in [1.807, 2.05) is 13.8 Å². The Balaban J connectivity index is 1.87. The summed E-state index contributed by atoms with van der Waals surface area (Å²) in [7, 11) is 0. The quantitative estimate of drug-likeness (QED) is 0.880. The topological polar surface area (TPSA) is 85.8 Å². The van der Waals surface area contributed by atoms with Crippen LogP contribution in [0.4, 0.5) is 5.82 Å². The number of nitrogens with one attached hydrogen (secondary N) is 1. The molecule has 1 N–H and O–H groups in total. The molecule has 2 heterocycles. The standard InChI is InChI=1S/C11H15N5O2/c1-7-6-10(15-18-7)13-11(17)4-5-16-9(3)12-8(2)14-16/h6H,4-5H2,1-3H3,(H,13,15,17). The van der Waals surface area contributed by atoms with Crippen molar-refractivity contribution >= 4 is 11.7 Å². The van der Waals surface area contributed by atoms with Crippen LogP contribution in [0.15, 0.2) is 10.6 Å². The Morgan fingerprint density at radius 3 is 2.78 bits per heavy atom. The molecule has 0 aliphatic heterocycles. The Morgan fingerprint density at radius 2 is 2.22 bits per heavy atom. The molecule has 18 heavy (non-hydrogen) atoms. The van der Waals surface area contributed by atoms with Crippen LogP contribution in [0, 0.1) is 20.8 Å². The molecule has 0 saturated heterocycles. The fourth-order valence-corrected chi connectivity index (χ4v) is 1.61. The lowest BCUT2D eigenvalue weighted by Gasteiger charge is -2.02. The highest BCUT2D eigenvalue weighted by Crippen LogP contribution is 2.07. The Kier molecular flexibility index (Phi) is 3.40. The molecule has 0 aliphatic rings. The average molecular weight is 249 g/mol. The van der Waals surface area contributed by atoms with Gasteiger partial charge < -0.3 is 9.84 Å². The molecular formula is C11H15N5O2. The molecule has 0 unspecified atom stereocenters. The molecule has 0 aromatic carbocycles. The first-order valence-corrected chi connectivity index (χ1v) is 5.66. The van der Waals surface area contributed by atoms with E-state index in [1.54, 1.807) is 17.7 Å². The van der Waals surface area contributed by atoms with Crippen molar-refractivity contribution in [3.8, 4) is 0 Å². The molecule has 0 spiro atoms. The molecule has 2 rings (SSSR count). The van der Waals surface area contributed by atoms with E-state index < -0.39 is 0 Å². The molecule has 0 atom stereocenters. The van der Waals surface area contributed by atoms with Crippen molar-refractivity contribution in [3.05, 3.63) is 23.5 Å². The first-order chi connectivity index (χ1) is 8.54. The van der Waals surface area contributed by atoms with E-state index in [1.165, 1.54) is 0 Å². The van der Waals surface area contributed by atoms with Gasteiger partial charge in [0.05, 0.1) is 6.54 Å².